The molecule has 0 radical (unpaired) electrons. The van der Waals surface area contributed by atoms with Crippen LogP contribution in [0.3, 0.4) is 0 Å². The molecule has 7 nitrogen and oxygen atoms in total. The van der Waals surface area contributed by atoms with E-state index in [1.165, 1.54) is 7.11 Å². The van der Waals surface area contributed by atoms with Crippen molar-refractivity contribution in [3.8, 4) is 5.75 Å². The molecule has 0 saturated carbocycles. The highest BCUT2D eigenvalue weighted by Crippen LogP contribution is 2.37. The Hall–Kier alpha value is -3.61. The van der Waals surface area contributed by atoms with Crippen LogP contribution in [0.1, 0.15) is 33.8 Å². The van der Waals surface area contributed by atoms with E-state index in [0.29, 0.717) is 24.4 Å². The summed E-state index contributed by atoms with van der Waals surface area (Å²) in [4.78, 5) is 22.7. The number of carbonyl (C=O) groups excluding carboxylic acids is 1. The van der Waals surface area contributed by atoms with E-state index in [1.807, 2.05) is 31.1 Å². The van der Waals surface area contributed by atoms with Crippen LogP contribution in [-0.4, -0.2) is 43.2 Å². The van der Waals surface area contributed by atoms with Crippen LogP contribution in [0.5, 0.6) is 5.75 Å². The molecule has 7 heteroatoms. The average molecular weight is 418 g/mol. The van der Waals surface area contributed by atoms with Crippen LogP contribution in [0, 0.1) is 6.92 Å². The number of hydrogen-bond acceptors (Lipinski definition) is 7. The number of benzene rings is 1. The van der Waals surface area contributed by atoms with Gasteiger partial charge in [0, 0.05) is 43.7 Å². The van der Waals surface area contributed by atoms with Gasteiger partial charge < -0.3 is 19.7 Å². The maximum atomic E-state index is 12.0. The van der Waals surface area contributed by atoms with Crippen molar-refractivity contribution in [2.75, 3.05) is 37.5 Å². The molecular formula is C24H26N4O3. The molecule has 3 aromatic rings. The quantitative estimate of drug-likeness (QED) is 0.598. The molecular weight excluding hydrogens is 392 g/mol. The number of nitrogens with zero attached hydrogens (tertiary/aromatic N) is 3. The number of fused-ring (bicyclic) bond motifs is 1. The maximum absolute atomic E-state index is 12.0. The third kappa shape index (κ3) is 4.45. The minimum atomic E-state index is -0.380. The number of aryl methyl sites for hydroxylation is 1. The first-order chi connectivity index (χ1) is 15.1. The Balaban J connectivity index is 1.51. The van der Waals surface area contributed by atoms with E-state index in [0.717, 1.165) is 34.8 Å². The fraction of sp³-hybridized carbons (Fsp3) is 0.292. The largest absolute Gasteiger partial charge is 0.493 e. The molecule has 1 atom stereocenters. The van der Waals surface area contributed by atoms with E-state index in [1.54, 1.807) is 18.5 Å². The van der Waals surface area contributed by atoms with Crippen molar-refractivity contribution in [3.05, 3.63) is 71.7 Å². The van der Waals surface area contributed by atoms with Crippen LogP contribution in [0.15, 0.2) is 55.0 Å². The van der Waals surface area contributed by atoms with Gasteiger partial charge in [-0.2, -0.15) is 0 Å². The van der Waals surface area contributed by atoms with Gasteiger partial charge in [-0.15, -0.1) is 0 Å². The van der Waals surface area contributed by atoms with Gasteiger partial charge in [0.1, 0.15) is 11.6 Å². The van der Waals surface area contributed by atoms with Gasteiger partial charge in [-0.1, -0.05) is 12.1 Å². The summed E-state index contributed by atoms with van der Waals surface area (Å²) in [6.07, 6.45) is 5.99. The van der Waals surface area contributed by atoms with E-state index in [4.69, 9.17) is 9.47 Å². The molecule has 3 heterocycles. The molecule has 0 amide bonds. The van der Waals surface area contributed by atoms with Crippen LogP contribution in [0.2, 0.25) is 0 Å². The van der Waals surface area contributed by atoms with E-state index in [9.17, 15) is 4.79 Å². The van der Waals surface area contributed by atoms with Crippen LogP contribution in [-0.2, 0) is 4.74 Å². The summed E-state index contributed by atoms with van der Waals surface area (Å²) in [5, 5.41) is 3.37. The summed E-state index contributed by atoms with van der Waals surface area (Å²) in [7, 11) is 3.37. The molecule has 0 spiro atoms. The Morgan fingerprint density at radius 1 is 1.26 bits per heavy atom. The van der Waals surface area contributed by atoms with Crippen molar-refractivity contribution in [1.29, 1.82) is 0 Å². The van der Waals surface area contributed by atoms with E-state index in [-0.39, 0.29) is 11.9 Å². The Labute approximate surface area is 182 Å². The molecule has 0 aliphatic carbocycles. The van der Waals surface area contributed by atoms with E-state index >= 15 is 0 Å². The highest BCUT2D eigenvalue weighted by atomic mass is 16.5. The SMILES string of the molecule is COC(=O)c1ccncc1NC[C@@H]1CCOc2cc(N(C)c3ccc(C)cn3)ccc21. The molecule has 0 saturated heterocycles. The second-order valence-corrected chi connectivity index (χ2v) is 7.60. The number of pyridine rings is 2. The van der Waals surface area contributed by atoms with Crippen molar-refractivity contribution in [3.63, 3.8) is 0 Å². The van der Waals surface area contributed by atoms with Gasteiger partial charge in [0.25, 0.3) is 0 Å². The predicted octanol–water partition coefficient (Wildman–Crippen LogP) is 4.32. The third-order valence-electron chi connectivity index (χ3n) is 5.55. The van der Waals surface area contributed by atoms with Crippen LogP contribution < -0.4 is 15.0 Å². The van der Waals surface area contributed by atoms with Gasteiger partial charge in [0.15, 0.2) is 0 Å². The second-order valence-electron chi connectivity index (χ2n) is 7.60. The van der Waals surface area contributed by atoms with Crippen LogP contribution in [0.4, 0.5) is 17.2 Å². The molecule has 0 unspecified atom stereocenters. The lowest BCUT2D eigenvalue weighted by atomic mass is 9.92. The lowest BCUT2D eigenvalue weighted by Gasteiger charge is -2.28. The molecule has 1 aliphatic heterocycles. The number of carbonyl (C=O) groups is 1. The lowest BCUT2D eigenvalue weighted by molar-refractivity contribution is 0.0601. The molecule has 160 valence electrons. The second kappa shape index (κ2) is 9.04. The minimum Gasteiger partial charge on any atom is -0.493 e. The maximum Gasteiger partial charge on any atom is 0.340 e. The van der Waals surface area contributed by atoms with E-state index < -0.39 is 0 Å². The lowest BCUT2D eigenvalue weighted by Crippen LogP contribution is -2.22. The summed E-state index contributed by atoms with van der Waals surface area (Å²) in [5.41, 5.74) is 4.45. The number of methoxy groups -OCH3 is 1. The zero-order valence-electron chi connectivity index (χ0n) is 18.0. The van der Waals surface area contributed by atoms with Gasteiger partial charge in [0.05, 0.1) is 31.2 Å². The van der Waals surface area contributed by atoms with Gasteiger partial charge in [-0.3, -0.25) is 4.98 Å². The monoisotopic (exact) mass is 418 g/mol. The first kappa shape index (κ1) is 20.7. The smallest absolute Gasteiger partial charge is 0.340 e. The van der Waals surface area contributed by atoms with Crippen molar-refractivity contribution in [2.45, 2.75) is 19.3 Å². The number of rotatable bonds is 6. The summed E-state index contributed by atoms with van der Waals surface area (Å²) in [5.74, 6) is 1.64. The van der Waals surface area contributed by atoms with Crippen molar-refractivity contribution in [2.24, 2.45) is 0 Å². The van der Waals surface area contributed by atoms with Crippen LogP contribution >= 0.6 is 0 Å². The van der Waals surface area contributed by atoms with Gasteiger partial charge >= 0.3 is 5.97 Å². The summed E-state index contributed by atoms with van der Waals surface area (Å²) < 4.78 is 10.8. The zero-order chi connectivity index (χ0) is 21.8. The zero-order valence-corrected chi connectivity index (χ0v) is 18.0. The molecule has 1 aliphatic rings. The summed E-state index contributed by atoms with van der Waals surface area (Å²) in [6, 6.07) is 12.0. The number of esters is 1. The molecule has 1 aromatic carbocycles. The van der Waals surface area contributed by atoms with Gasteiger partial charge in [-0.25, -0.2) is 9.78 Å². The molecule has 31 heavy (non-hydrogen) atoms. The molecule has 0 bridgehead atoms. The highest BCUT2D eigenvalue weighted by Gasteiger charge is 2.23. The molecule has 1 N–H and O–H groups in total. The van der Waals surface area contributed by atoms with Crippen LogP contribution in [0.25, 0.3) is 0 Å². The fourth-order valence-electron chi connectivity index (χ4n) is 3.72. The molecule has 4 rings (SSSR count). The Morgan fingerprint density at radius 2 is 2.13 bits per heavy atom. The van der Waals surface area contributed by atoms with Crippen molar-refractivity contribution < 1.29 is 14.3 Å². The minimum absolute atomic E-state index is 0.256. The summed E-state index contributed by atoms with van der Waals surface area (Å²) in [6.45, 7) is 3.34. The van der Waals surface area contributed by atoms with E-state index in [2.05, 4.69) is 39.6 Å². The number of nitrogens with one attached hydrogen (secondary N) is 1. The van der Waals surface area contributed by atoms with Gasteiger partial charge in [-0.05, 0) is 42.7 Å². The normalized spacial score (nSPS) is 14.9. The van der Waals surface area contributed by atoms with Crippen molar-refractivity contribution in [1.82, 2.24) is 9.97 Å². The highest BCUT2D eigenvalue weighted by molar-refractivity contribution is 5.95. The first-order valence-electron chi connectivity index (χ1n) is 10.3. The standard InChI is InChI=1S/C24H26N4O3/c1-16-4-7-23(27-13-16)28(2)18-5-6-19-17(9-11-31-22(19)12-18)14-26-21-15-25-10-8-20(21)24(29)30-3/h4-8,10,12-13,15,17,26H,9,11,14H2,1-3H3/t17-/m0/s1. The fourth-order valence-corrected chi connectivity index (χ4v) is 3.72. The topological polar surface area (TPSA) is 76.6 Å². The number of aromatic nitrogens is 2. The number of anilines is 3. The number of ether oxygens (including phenoxy) is 2. The third-order valence-corrected chi connectivity index (χ3v) is 5.55. The predicted molar refractivity (Wildman–Crippen MR) is 120 cm³/mol. The Morgan fingerprint density at radius 3 is 2.90 bits per heavy atom. The Kier molecular flexibility index (Phi) is 6.02. The molecule has 0 fully saturated rings. The Bertz CT molecular complexity index is 1070. The first-order valence-corrected chi connectivity index (χ1v) is 10.3. The average Bonchev–Trinajstić information content (AvgIpc) is 2.82. The number of hydrogen-bond donors (Lipinski definition) is 1. The van der Waals surface area contributed by atoms with Crippen molar-refractivity contribution >= 4 is 23.2 Å². The van der Waals surface area contributed by atoms with Gasteiger partial charge in [0.2, 0.25) is 0 Å². The molecule has 2 aromatic heterocycles. The summed E-state index contributed by atoms with van der Waals surface area (Å²) >= 11 is 0.